The first-order chi connectivity index (χ1) is 15.3. The van der Waals surface area contributed by atoms with Crippen molar-refractivity contribution in [2.75, 3.05) is 17.8 Å². The number of nitrogens with one attached hydrogen (secondary N) is 2. The third-order valence-corrected chi connectivity index (χ3v) is 4.80. The van der Waals surface area contributed by atoms with Gasteiger partial charge in [-0.15, -0.1) is 0 Å². The number of nitrogens with zero attached hydrogens (tertiary/aromatic N) is 5. The number of anilines is 2. The van der Waals surface area contributed by atoms with E-state index in [1.807, 2.05) is 0 Å². The monoisotopic (exact) mass is 446 g/mol. The molecule has 7 N–H and O–H groups in total. The summed E-state index contributed by atoms with van der Waals surface area (Å²) in [6, 6.07) is 5.70. The number of fused-ring (bicyclic) bond motifs is 1. The summed E-state index contributed by atoms with van der Waals surface area (Å²) >= 11 is 0. The third kappa shape index (κ3) is 3.76. The SMILES string of the molecule is Nc1nc2c(nc(N/N=C/c3cccc([N+](=O)[O-])c3)n2[C@H]2O[C@@H](CO)[C@@H](O)[C@H]2O)c(=O)[nH]1. The molecule has 3 aromatic rings. The first-order valence-corrected chi connectivity index (χ1v) is 9.24. The fraction of sp³-hybridized carbons (Fsp3) is 0.294. The van der Waals surface area contributed by atoms with Crippen LogP contribution in [0.3, 0.4) is 0 Å². The second kappa shape index (κ2) is 8.31. The summed E-state index contributed by atoms with van der Waals surface area (Å²) in [6.45, 7) is -0.564. The molecule has 0 spiro atoms. The number of non-ortho nitro benzene ring substituents is 1. The number of hydrogen-bond acceptors (Lipinski definition) is 12. The Bertz CT molecular complexity index is 1260. The van der Waals surface area contributed by atoms with Crippen molar-refractivity contribution in [3.63, 3.8) is 0 Å². The lowest BCUT2D eigenvalue weighted by Crippen LogP contribution is -2.33. The Morgan fingerprint density at radius 2 is 2.16 bits per heavy atom. The van der Waals surface area contributed by atoms with Gasteiger partial charge in [-0.2, -0.15) is 10.1 Å². The van der Waals surface area contributed by atoms with Crippen molar-refractivity contribution in [2.45, 2.75) is 24.5 Å². The molecule has 1 aliphatic heterocycles. The minimum absolute atomic E-state index is 0.0610. The molecule has 0 unspecified atom stereocenters. The maximum absolute atomic E-state index is 12.3. The molecule has 1 fully saturated rings. The van der Waals surface area contributed by atoms with Crippen molar-refractivity contribution in [2.24, 2.45) is 5.10 Å². The average Bonchev–Trinajstić information content (AvgIpc) is 3.25. The lowest BCUT2D eigenvalue weighted by atomic mass is 10.1. The van der Waals surface area contributed by atoms with Gasteiger partial charge in [0.1, 0.15) is 18.3 Å². The second-order valence-corrected chi connectivity index (χ2v) is 6.88. The molecule has 32 heavy (non-hydrogen) atoms. The molecule has 1 aliphatic rings. The number of imidazole rings is 1. The van der Waals surface area contributed by atoms with Gasteiger partial charge in [0.15, 0.2) is 17.4 Å². The van der Waals surface area contributed by atoms with Gasteiger partial charge >= 0.3 is 0 Å². The van der Waals surface area contributed by atoms with E-state index in [1.54, 1.807) is 6.07 Å². The Morgan fingerprint density at radius 1 is 1.38 bits per heavy atom. The van der Waals surface area contributed by atoms with Gasteiger partial charge in [0.2, 0.25) is 11.9 Å². The van der Waals surface area contributed by atoms with Crippen LogP contribution in [-0.2, 0) is 4.74 Å². The van der Waals surface area contributed by atoms with Gasteiger partial charge in [0.25, 0.3) is 11.2 Å². The first kappa shape index (κ1) is 21.3. The van der Waals surface area contributed by atoms with Gasteiger partial charge in [0.05, 0.1) is 17.7 Å². The van der Waals surface area contributed by atoms with E-state index >= 15 is 0 Å². The second-order valence-electron chi connectivity index (χ2n) is 6.88. The molecule has 1 aromatic carbocycles. The van der Waals surface area contributed by atoms with Crippen molar-refractivity contribution in [1.29, 1.82) is 0 Å². The molecular formula is C17H18N8O7. The molecule has 168 valence electrons. The third-order valence-electron chi connectivity index (χ3n) is 4.80. The topological polar surface area (TPSA) is 227 Å². The molecule has 0 radical (unpaired) electrons. The number of nitrogens with two attached hydrogens (primary N) is 1. The number of aliphatic hydroxyl groups excluding tert-OH is 3. The van der Waals surface area contributed by atoms with E-state index in [1.165, 1.54) is 29.0 Å². The Kier molecular flexibility index (Phi) is 5.54. The van der Waals surface area contributed by atoms with E-state index in [0.29, 0.717) is 5.56 Å². The molecule has 0 amide bonds. The normalized spacial score (nSPS) is 23.2. The highest BCUT2D eigenvalue weighted by molar-refractivity contribution is 5.81. The van der Waals surface area contributed by atoms with Gasteiger partial charge in [-0.1, -0.05) is 12.1 Å². The molecule has 1 saturated heterocycles. The van der Waals surface area contributed by atoms with Crippen LogP contribution >= 0.6 is 0 Å². The van der Waals surface area contributed by atoms with E-state index in [0.717, 1.165) is 0 Å². The summed E-state index contributed by atoms with van der Waals surface area (Å²) < 4.78 is 6.70. The maximum Gasteiger partial charge on any atom is 0.280 e. The van der Waals surface area contributed by atoms with E-state index in [9.17, 15) is 30.2 Å². The van der Waals surface area contributed by atoms with Crippen molar-refractivity contribution in [1.82, 2.24) is 19.5 Å². The van der Waals surface area contributed by atoms with Gasteiger partial charge in [-0.05, 0) is 0 Å². The van der Waals surface area contributed by atoms with E-state index in [2.05, 4.69) is 25.5 Å². The zero-order valence-electron chi connectivity index (χ0n) is 16.2. The highest BCUT2D eigenvalue weighted by Crippen LogP contribution is 2.33. The van der Waals surface area contributed by atoms with E-state index in [-0.39, 0.29) is 28.7 Å². The molecular weight excluding hydrogens is 428 g/mol. The zero-order chi connectivity index (χ0) is 23.0. The van der Waals surface area contributed by atoms with E-state index < -0.39 is 41.6 Å². The Hall–Kier alpha value is -3.92. The van der Waals surface area contributed by atoms with Gasteiger partial charge in [-0.3, -0.25) is 24.5 Å². The van der Waals surface area contributed by atoms with Crippen LogP contribution in [0.15, 0.2) is 34.2 Å². The fourth-order valence-corrected chi connectivity index (χ4v) is 3.30. The van der Waals surface area contributed by atoms with Crippen LogP contribution in [-0.4, -0.2) is 70.9 Å². The van der Waals surface area contributed by atoms with Crippen molar-refractivity contribution >= 4 is 35.0 Å². The smallest absolute Gasteiger partial charge is 0.280 e. The number of nitro benzene ring substituents is 1. The molecule has 0 saturated carbocycles. The first-order valence-electron chi connectivity index (χ1n) is 9.24. The van der Waals surface area contributed by atoms with Crippen LogP contribution in [0, 0.1) is 10.1 Å². The molecule has 0 bridgehead atoms. The summed E-state index contributed by atoms with van der Waals surface area (Å²) in [5.41, 5.74) is 7.61. The van der Waals surface area contributed by atoms with Gasteiger partial charge < -0.3 is 25.8 Å². The molecule has 4 rings (SSSR count). The van der Waals surface area contributed by atoms with Crippen molar-refractivity contribution in [3.8, 4) is 0 Å². The summed E-state index contributed by atoms with van der Waals surface area (Å²) in [7, 11) is 0. The summed E-state index contributed by atoms with van der Waals surface area (Å²) in [5, 5.41) is 44.8. The van der Waals surface area contributed by atoms with Crippen LogP contribution in [0.5, 0.6) is 0 Å². The van der Waals surface area contributed by atoms with Gasteiger partial charge in [0, 0.05) is 17.7 Å². The highest BCUT2D eigenvalue weighted by atomic mass is 16.6. The Morgan fingerprint density at radius 3 is 2.84 bits per heavy atom. The van der Waals surface area contributed by atoms with Gasteiger partial charge in [-0.25, -0.2) is 10.4 Å². The maximum atomic E-state index is 12.3. The number of aromatic nitrogens is 4. The number of nitro groups is 1. The lowest BCUT2D eigenvalue weighted by Gasteiger charge is -2.18. The Labute approximate surface area is 177 Å². The zero-order valence-corrected chi connectivity index (χ0v) is 16.2. The number of nitrogen functional groups attached to an aromatic ring is 1. The van der Waals surface area contributed by atoms with Crippen LogP contribution in [0.4, 0.5) is 17.6 Å². The minimum Gasteiger partial charge on any atom is -0.394 e. The molecule has 15 nitrogen and oxygen atoms in total. The number of hydrogen-bond donors (Lipinski definition) is 6. The predicted octanol–water partition coefficient (Wildman–Crippen LogP) is -1.33. The molecule has 4 atom stereocenters. The lowest BCUT2D eigenvalue weighted by molar-refractivity contribution is -0.384. The number of benzene rings is 1. The van der Waals surface area contributed by atoms with E-state index in [4.69, 9.17) is 10.5 Å². The molecule has 0 aliphatic carbocycles. The standard InChI is InChI=1S/C17H18N8O7/c18-16-21-13-10(14(29)22-16)20-17(24(13)15-12(28)11(27)9(6-26)32-15)23-19-5-7-2-1-3-8(4-7)25(30)31/h1-5,9,11-12,15,26-28H,6H2,(H,20,23)(H3,18,21,22,29)/b19-5+/t9-,11+,12+,15-/m0/s1. The Balaban J connectivity index is 1.74. The fourth-order valence-electron chi connectivity index (χ4n) is 3.30. The number of H-pyrrole nitrogens is 1. The number of aromatic amines is 1. The molecule has 2 aromatic heterocycles. The molecule has 15 heteroatoms. The quantitative estimate of drug-likeness (QED) is 0.148. The number of hydrazone groups is 1. The minimum atomic E-state index is -1.49. The number of ether oxygens (including phenoxy) is 1. The predicted molar refractivity (Wildman–Crippen MR) is 110 cm³/mol. The van der Waals surface area contributed by atoms with Crippen LogP contribution < -0.4 is 16.7 Å². The van der Waals surface area contributed by atoms with Crippen LogP contribution in [0.2, 0.25) is 0 Å². The summed E-state index contributed by atoms with van der Waals surface area (Å²) in [6.07, 6.45) is -4.00. The highest BCUT2D eigenvalue weighted by Gasteiger charge is 2.45. The van der Waals surface area contributed by atoms with Crippen LogP contribution in [0.25, 0.3) is 11.2 Å². The van der Waals surface area contributed by atoms with Crippen molar-refractivity contribution < 1.29 is 25.0 Å². The van der Waals surface area contributed by atoms with Crippen LogP contribution in [0.1, 0.15) is 11.8 Å². The van der Waals surface area contributed by atoms with Crippen molar-refractivity contribution in [3.05, 3.63) is 50.3 Å². The summed E-state index contributed by atoms with van der Waals surface area (Å²) in [4.78, 5) is 33.1. The largest absolute Gasteiger partial charge is 0.394 e. The number of rotatable bonds is 6. The molecule has 3 heterocycles. The summed E-state index contributed by atoms with van der Waals surface area (Å²) in [5.74, 6) is -0.317. The average molecular weight is 446 g/mol. The number of aliphatic hydroxyl groups is 3.